The molecule has 1 N–H and O–H groups in total. The lowest BCUT2D eigenvalue weighted by atomic mass is 9.77. The topological polar surface area (TPSA) is 43.0 Å². The average Bonchev–Trinajstić information content (AvgIpc) is 3.12. The van der Waals surface area contributed by atoms with Crippen LogP contribution in [0.4, 0.5) is 0 Å². The molecule has 3 aliphatic rings. The fourth-order valence-electron chi connectivity index (χ4n) is 2.90. The SMILES string of the molecule is CC1(C)OB(c2ccc3c(c2)CNC2OC32)OC1(C)C. The van der Waals surface area contributed by atoms with E-state index in [1.54, 1.807) is 0 Å². The molecule has 106 valence electrons. The number of benzene rings is 1. The van der Waals surface area contributed by atoms with E-state index < -0.39 is 0 Å². The van der Waals surface area contributed by atoms with E-state index in [-0.39, 0.29) is 30.7 Å². The van der Waals surface area contributed by atoms with E-state index in [0.29, 0.717) is 0 Å². The summed E-state index contributed by atoms with van der Waals surface area (Å²) in [7, 11) is -0.289. The van der Waals surface area contributed by atoms with Gasteiger partial charge in [0, 0.05) is 6.54 Å². The minimum absolute atomic E-state index is 0.227. The molecule has 2 fully saturated rings. The van der Waals surface area contributed by atoms with Gasteiger partial charge in [-0.2, -0.15) is 0 Å². The zero-order valence-corrected chi connectivity index (χ0v) is 12.4. The Morgan fingerprint density at radius 2 is 1.85 bits per heavy atom. The molecule has 3 aliphatic heterocycles. The van der Waals surface area contributed by atoms with E-state index in [0.717, 1.165) is 12.0 Å². The number of hydrogen-bond donors (Lipinski definition) is 1. The van der Waals surface area contributed by atoms with Gasteiger partial charge < -0.3 is 14.0 Å². The molecular formula is C15H20BNO3. The quantitative estimate of drug-likeness (QED) is 0.622. The van der Waals surface area contributed by atoms with Crippen molar-refractivity contribution in [3.8, 4) is 0 Å². The highest BCUT2D eigenvalue weighted by Crippen LogP contribution is 2.42. The minimum atomic E-state index is -0.295. The van der Waals surface area contributed by atoms with Gasteiger partial charge in [-0.25, -0.2) is 0 Å². The maximum Gasteiger partial charge on any atom is 0.494 e. The van der Waals surface area contributed by atoms with Gasteiger partial charge in [-0.05, 0) is 44.3 Å². The predicted octanol–water partition coefficient (Wildman–Crippen LogP) is 1.49. The van der Waals surface area contributed by atoms with E-state index in [9.17, 15) is 0 Å². The molecule has 4 rings (SSSR count). The Balaban J connectivity index is 1.64. The Kier molecular flexibility index (Phi) is 2.47. The van der Waals surface area contributed by atoms with Crippen LogP contribution in [0.1, 0.15) is 44.9 Å². The van der Waals surface area contributed by atoms with Crippen LogP contribution in [0.5, 0.6) is 0 Å². The Hall–Kier alpha value is -0.875. The molecule has 2 unspecified atom stereocenters. The minimum Gasteiger partial charge on any atom is -0.399 e. The van der Waals surface area contributed by atoms with Gasteiger partial charge >= 0.3 is 7.12 Å². The Bertz CT molecular complexity index is 556. The van der Waals surface area contributed by atoms with E-state index >= 15 is 0 Å². The summed E-state index contributed by atoms with van der Waals surface area (Å²) in [6.07, 6.45) is 0.469. The van der Waals surface area contributed by atoms with Crippen molar-refractivity contribution in [3.05, 3.63) is 29.3 Å². The second-order valence-corrected chi connectivity index (χ2v) is 6.90. The normalized spacial score (nSPS) is 32.7. The smallest absolute Gasteiger partial charge is 0.399 e. The standard InChI is InChI=1S/C15H20BNO3/c1-14(2)15(3,4)20-16(19-14)10-5-6-11-9(7-10)8-17-13-12(11)18-13/h5-7,12-13,17H,8H2,1-4H3. The molecule has 4 nitrogen and oxygen atoms in total. The zero-order chi connectivity index (χ0) is 14.1. The van der Waals surface area contributed by atoms with Crippen molar-refractivity contribution in [1.82, 2.24) is 5.32 Å². The van der Waals surface area contributed by atoms with Crippen molar-refractivity contribution >= 4 is 12.6 Å². The van der Waals surface area contributed by atoms with Crippen molar-refractivity contribution in [2.24, 2.45) is 0 Å². The molecule has 3 heterocycles. The second-order valence-electron chi connectivity index (χ2n) is 6.90. The molecule has 0 radical (unpaired) electrons. The number of rotatable bonds is 1. The molecule has 2 saturated heterocycles. The third-order valence-corrected chi connectivity index (χ3v) is 4.98. The molecule has 0 aliphatic carbocycles. The van der Waals surface area contributed by atoms with Crippen molar-refractivity contribution in [2.45, 2.75) is 57.8 Å². The van der Waals surface area contributed by atoms with Gasteiger partial charge in [0.05, 0.1) is 11.2 Å². The van der Waals surface area contributed by atoms with Gasteiger partial charge in [0.25, 0.3) is 0 Å². The summed E-state index contributed by atoms with van der Waals surface area (Å²) in [4.78, 5) is 0. The summed E-state index contributed by atoms with van der Waals surface area (Å²) in [5.41, 5.74) is 3.08. The monoisotopic (exact) mass is 273 g/mol. The summed E-state index contributed by atoms with van der Waals surface area (Å²) >= 11 is 0. The summed E-state index contributed by atoms with van der Waals surface area (Å²) in [5.74, 6) is 0. The molecule has 1 aromatic carbocycles. The van der Waals surface area contributed by atoms with Gasteiger partial charge in [-0.1, -0.05) is 18.2 Å². The third-order valence-electron chi connectivity index (χ3n) is 4.98. The van der Waals surface area contributed by atoms with Crippen LogP contribution in [-0.2, 0) is 20.6 Å². The molecule has 20 heavy (non-hydrogen) atoms. The lowest BCUT2D eigenvalue weighted by molar-refractivity contribution is 0.00578. The first-order chi connectivity index (χ1) is 9.37. The first-order valence-electron chi connectivity index (χ1n) is 7.25. The molecule has 2 atom stereocenters. The Morgan fingerprint density at radius 3 is 2.55 bits per heavy atom. The second kappa shape index (κ2) is 3.86. The molecule has 0 bridgehead atoms. The molecule has 1 aromatic rings. The number of fused-ring (bicyclic) bond motifs is 3. The Labute approximate surface area is 119 Å². The van der Waals surface area contributed by atoms with Crippen LogP contribution in [0.2, 0.25) is 0 Å². The van der Waals surface area contributed by atoms with Crippen molar-refractivity contribution < 1.29 is 14.0 Å². The maximum absolute atomic E-state index is 6.10. The van der Waals surface area contributed by atoms with Crippen LogP contribution < -0.4 is 10.8 Å². The summed E-state index contributed by atoms with van der Waals surface area (Å²) in [6, 6.07) is 6.44. The van der Waals surface area contributed by atoms with Crippen molar-refractivity contribution in [2.75, 3.05) is 0 Å². The van der Waals surface area contributed by atoms with Gasteiger partial charge in [0.15, 0.2) is 0 Å². The molecule has 0 amide bonds. The highest BCUT2D eigenvalue weighted by molar-refractivity contribution is 6.62. The van der Waals surface area contributed by atoms with Crippen LogP contribution >= 0.6 is 0 Å². The fourth-order valence-corrected chi connectivity index (χ4v) is 2.90. The number of nitrogens with one attached hydrogen (secondary N) is 1. The van der Waals surface area contributed by atoms with Crippen molar-refractivity contribution in [3.63, 3.8) is 0 Å². The summed E-state index contributed by atoms with van der Waals surface area (Å²) < 4.78 is 17.8. The average molecular weight is 273 g/mol. The fraction of sp³-hybridized carbons (Fsp3) is 0.600. The lowest BCUT2D eigenvalue weighted by Gasteiger charge is -2.32. The first-order valence-corrected chi connectivity index (χ1v) is 7.25. The van der Waals surface area contributed by atoms with E-state index in [1.807, 2.05) is 0 Å². The summed E-state index contributed by atoms with van der Waals surface area (Å²) in [6.45, 7) is 9.17. The van der Waals surface area contributed by atoms with Gasteiger partial charge in [-0.15, -0.1) is 0 Å². The van der Waals surface area contributed by atoms with Gasteiger partial charge in [-0.3, -0.25) is 5.32 Å². The van der Waals surface area contributed by atoms with E-state index in [2.05, 4.69) is 51.2 Å². The van der Waals surface area contributed by atoms with Crippen LogP contribution in [0.15, 0.2) is 18.2 Å². The van der Waals surface area contributed by atoms with Gasteiger partial charge in [0.1, 0.15) is 12.3 Å². The van der Waals surface area contributed by atoms with Crippen LogP contribution in [-0.4, -0.2) is 24.5 Å². The molecule has 5 heteroatoms. The van der Waals surface area contributed by atoms with Crippen molar-refractivity contribution in [1.29, 1.82) is 0 Å². The molecule has 0 spiro atoms. The molecule has 0 saturated carbocycles. The number of ether oxygens (including phenoxy) is 1. The highest BCUT2D eigenvalue weighted by Gasteiger charge is 2.52. The Morgan fingerprint density at radius 1 is 1.15 bits per heavy atom. The lowest BCUT2D eigenvalue weighted by Crippen LogP contribution is -2.41. The van der Waals surface area contributed by atoms with Crippen LogP contribution in [0, 0.1) is 0 Å². The highest BCUT2D eigenvalue weighted by atomic mass is 16.7. The number of hydrogen-bond acceptors (Lipinski definition) is 4. The largest absolute Gasteiger partial charge is 0.494 e. The van der Waals surface area contributed by atoms with Crippen LogP contribution in [0.3, 0.4) is 0 Å². The predicted molar refractivity (Wildman–Crippen MR) is 76.6 cm³/mol. The summed E-state index contributed by atoms with van der Waals surface area (Å²) in [5, 5.41) is 3.36. The first kappa shape index (κ1) is 12.8. The van der Waals surface area contributed by atoms with E-state index in [1.165, 1.54) is 11.1 Å². The van der Waals surface area contributed by atoms with Crippen LogP contribution in [0.25, 0.3) is 0 Å². The molecular weight excluding hydrogens is 253 g/mol. The number of epoxide rings is 1. The van der Waals surface area contributed by atoms with Gasteiger partial charge in [0.2, 0.25) is 0 Å². The van der Waals surface area contributed by atoms with E-state index in [4.69, 9.17) is 14.0 Å². The maximum atomic E-state index is 6.10. The molecule has 0 aromatic heterocycles. The third kappa shape index (κ3) is 1.77. The zero-order valence-electron chi connectivity index (χ0n) is 12.4.